The lowest BCUT2D eigenvalue weighted by Crippen LogP contribution is -2.41. The lowest BCUT2D eigenvalue weighted by atomic mass is 9.94. The van der Waals surface area contributed by atoms with Crippen LogP contribution in [0.25, 0.3) is 0 Å². The summed E-state index contributed by atoms with van der Waals surface area (Å²) >= 11 is 0. The highest BCUT2D eigenvalue weighted by Gasteiger charge is 2.27. The molecule has 0 aromatic heterocycles. The molecule has 0 spiro atoms. The van der Waals surface area contributed by atoms with Gasteiger partial charge in [-0.1, -0.05) is 25.7 Å². The molecule has 82 valence electrons. The van der Waals surface area contributed by atoms with Gasteiger partial charge in [0.1, 0.15) is 0 Å². The Hall–Kier alpha value is -0.610. The van der Waals surface area contributed by atoms with Crippen LogP contribution in [-0.2, 0) is 4.79 Å². The lowest BCUT2D eigenvalue weighted by Gasteiger charge is -2.26. The third-order valence-electron chi connectivity index (χ3n) is 2.76. The van der Waals surface area contributed by atoms with Crippen LogP contribution in [0.4, 0.5) is 0 Å². The van der Waals surface area contributed by atoms with Crippen LogP contribution in [0.3, 0.4) is 0 Å². The van der Waals surface area contributed by atoms with Crippen molar-refractivity contribution in [2.24, 2.45) is 0 Å². The molecule has 1 aliphatic carbocycles. The van der Waals surface area contributed by atoms with Gasteiger partial charge < -0.3 is 15.5 Å². The zero-order valence-electron chi connectivity index (χ0n) is 8.46. The molecule has 0 saturated heterocycles. The normalized spacial score (nSPS) is 21.5. The van der Waals surface area contributed by atoms with Crippen molar-refractivity contribution < 1.29 is 15.0 Å². The van der Waals surface area contributed by atoms with Crippen LogP contribution in [0, 0.1) is 0 Å². The number of aliphatic hydroxyl groups is 1. The number of carbonyl (C=O) groups is 1. The molecule has 0 unspecified atom stereocenters. The Morgan fingerprint density at radius 1 is 1.21 bits per heavy atom. The van der Waals surface area contributed by atoms with Crippen LogP contribution < -0.4 is 5.32 Å². The average Bonchev–Trinajstić information content (AvgIpc) is 2.30. The van der Waals surface area contributed by atoms with Gasteiger partial charge in [0.15, 0.2) is 0 Å². The van der Waals surface area contributed by atoms with E-state index >= 15 is 0 Å². The summed E-state index contributed by atoms with van der Waals surface area (Å²) in [6.07, 6.45) is 6.04. The first-order valence-corrected chi connectivity index (χ1v) is 5.27. The number of hydrogen-bond acceptors (Lipinski definition) is 3. The van der Waals surface area contributed by atoms with E-state index in [1.165, 1.54) is 12.8 Å². The Kier molecular flexibility index (Phi) is 4.35. The van der Waals surface area contributed by atoms with Crippen molar-refractivity contribution in [2.45, 2.75) is 44.1 Å². The van der Waals surface area contributed by atoms with Crippen molar-refractivity contribution in [3.05, 3.63) is 0 Å². The van der Waals surface area contributed by atoms with Crippen LogP contribution in [0.15, 0.2) is 0 Å². The SMILES string of the molecule is O=C(O)CNCC1(O)CCCCCC1. The van der Waals surface area contributed by atoms with E-state index in [2.05, 4.69) is 5.32 Å². The van der Waals surface area contributed by atoms with Gasteiger partial charge in [0.05, 0.1) is 12.1 Å². The van der Waals surface area contributed by atoms with Gasteiger partial charge in [-0.25, -0.2) is 0 Å². The molecule has 1 aliphatic rings. The summed E-state index contributed by atoms with van der Waals surface area (Å²) in [5.74, 6) is -0.873. The topological polar surface area (TPSA) is 69.6 Å². The first kappa shape index (κ1) is 11.5. The molecule has 0 bridgehead atoms. The number of carboxylic acid groups (broad SMARTS) is 1. The number of hydrogen-bond donors (Lipinski definition) is 3. The number of aliphatic carboxylic acids is 1. The molecule has 4 heteroatoms. The van der Waals surface area contributed by atoms with Crippen molar-refractivity contribution in [1.29, 1.82) is 0 Å². The van der Waals surface area contributed by atoms with E-state index in [9.17, 15) is 9.90 Å². The zero-order valence-corrected chi connectivity index (χ0v) is 8.46. The van der Waals surface area contributed by atoms with Gasteiger partial charge in [0.25, 0.3) is 0 Å². The first-order chi connectivity index (χ1) is 6.62. The third-order valence-corrected chi connectivity index (χ3v) is 2.76. The molecule has 0 amide bonds. The maximum atomic E-state index is 10.3. The molecule has 4 nitrogen and oxygen atoms in total. The summed E-state index contributed by atoms with van der Waals surface area (Å²) < 4.78 is 0. The van der Waals surface area contributed by atoms with Gasteiger partial charge in [-0.3, -0.25) is 4.79 Å². The molecular formula is C10H19NO3. The first-order valence-electron chi connectivity index (χ1n) is 5.27. The molecule has 3 N–H and O–H groups in total. The van der Waals surface area contributed by atoms with Crippen LogP contribution in [-0.4, -0.2) is 34.9 Å². The molecule has 1 rings (SSSR count). The fourth-order valence-corrected chi connectivity index (χ4v) is 1.97. The highest BCUT2D eigenvalue weighted by molar-refractivity contribution is 5.68. The van der Waals surface area contributed by atoms with Gasteiger partial charge >= 0.3 is 5.97 Å². The quantitative estimate of drug-likeness (QED) is 0.587. The van der Waals surface area contributed by atoms with Crippen molar-refractivity contribution in [1.82, 2.24) is 5.32 Å². The summed E-state index contributed by atoms with van der Waals surface area (Å²) in [4.78, 5) is 10.3. The minimum atomic E-state index is -0.873. The van der Waals surface area contributed by atoms with Crippen molar-refractivity contribution >= 4 is 5.97 Å². The summed E-state index contributed by atoms with van der Waals surface area (Å²) in [5.41, 5.74) is -0.675. The predicted octanol–water partition coefficient (Wildman–Crippen LogP) is 0.746. The molecule has 1 saturated carbocycles. The molecular weight excluding hydrogens is 182 g/mol. The number of nitrogens with one attached hydrogen (secondary N) is 1. The van der Waals surface area contributed by atoms with E-state index in [4.69, 9.17) is 5.11 Å². The van der Waals surface area contributed by atoms with Gasteiger partial charge in [-0.2, -0.15) is 0 Å². The van der Waals surface area contributed by atoms with Gasteiger partial charge in [-0.15, -0.1) is 0 Å². The molecule has 0 atom stereocenters. The number of rotatable bonds is 4. The average molecular weight is 201 g/mol. The zero-order chi connectivity index (χ0) is 10.4. The van der Waals surface area contributed by atoms with E-state index in [-0.39, 0.29) is 6.54 Å². The molecule has 0 radical (unpaired) electrons. The minimum Gasteiger partial charge on any atom is -0.480 e. The molecule has 14 heavy (non-hydrogen) atoms. The summed E-state index contributed by atoms with van der Waals surface area (Å²) in [7, 11) is 0. The smallest absolute Gasteiger partial charge is 0.317 e. The third kappa shape index (κ3) is 4.07. The van der Waals surface area contributed by atoms with Crippen LogP contribution in [0.1, 0.15) is 38.5 Å². The minimum absolute atomic E-state index is 0.0672. The van der Waals surface area contributed by atoms with E-state index < -0.39 is 11.6 Å². The van der Waals surface area contributed by atoms with E-state index in [1.807, 2.05) is 0 Å². The fraction of sp³-hybridized carbons (Fsp3) is 0.900. The Balaban J connectivity index is 2.27. The Morgan fingerprint density at radius 2 is 1.79 bits per heavy atom. The standard InChI is InChI=1S/C10H19NO3/c12-9(13)7-11-8-10(14)5-3-1-2-4-6-10/h11,14H,1-8H2,(H,12,13). The summed E-state index contributed by atoms with van der Waals surface area (Å²) in [6, 6.07) is 0. The Morgan fingerprint density at radius 3 is 2.29 bits per heavy atom. The lowest BCUT2D eigenvalue weighted by molar-refractivity contribution is -0.136. The van der Waals surface area contributed by atoms with E-state index in [0.717, 1.165) is 25.7 Å². The van der Waals surface area contributed by atoms with Crippen LogP contribution in [0.2, 0.25) is 0 Å². The molecule has 0 heterocycles. The molecule has 0 aromatic carbocycles. The highest BCUT2D eigenvalue weighted by Crippen LogP contribution is 2.26. The Labute approximate surface area is 84.3 Å². The molecule has 1 fully saturated rings. The maximum absolute atomic E-state index is 10.3. The Bertz CT molecular complexity index is 186. The van der Waals surface area contributed by atoms with E-state index in [1.54, 1.807) is 0 Å². The van der Waals surface area contributed by atoms with Crippen LogP contribution >= 0.6 is 0 Å². The van der Waals surface area contributed by atoms with Gasteiger partial charge in [-0.05, 0) is 12.8 Å². The van der Waals surface area contributed by atoms with Gasteiger partial charge in [0, 0.05) is 6.54 Å². The largest absolute Gasteiger partial charge is 0.480 e. The van der Waals surface area contributed by atoms with Crippen molar-refractivity contribution in [3.63, 3.8) is 0 Å². The van der Waals surface area contributed by atoms with Gasteiger partial charge in [0.2, 0.25) is 0 Å². The second kappa shape index (κ2) is 5.32. The van der Waals surface area contributed by atoms with Crippen molar-refractivity contribution in [2.75, 3.05) is 13.1 Å². The van der Waals surface area contributed by atoms with Crippen LogP contribution in [0.5, 0.6) is 0 Å². The predicted molar refractivity (Wildman–Crippen MR) is 53.2 cm³/mol. The number of carboxylic acids is 1. The summed E-state index contributed by atoms with van der Waals surface area (Å²) in [5, 5.41) is 21.3. The molecule has 0 aromatic rings. The fourth-order valence-electron chi connectivity index (χ4n) is 1.97. The summed E-state index contributed by atoms with van der Waals surface area (Å²) in [6.45, 7) is 0.335. The van der Waals surface area contributed by atoms with E-state index in [0.29, 0.717) is 6.54 Å². The van der Waals surface area contributed by atoms with Crippen molar-refractivity contribution in [3.8, 4) is 0 Å². The second-order valence-corrected chi connectivity index (χ2v) is 4.14. The second-order valence-electron chi connectivity index (χ2n) is 4.14. The molecule has 0 aliphatic heterocycles. The monoisotopic (exact) mass is 201 g/mol. The maximum Gasteiger partial charge on any atom is 0.317 e. The highest BCUT2D eigenvalue weighted by atomic mass is 16.4.